The van der Waals surface area contributed by atoms with E-state index in [2.05, 4.69) is 10.1 Å². The van der Waals surface area contributed by atoms with Gasteiger partial charge in [-0.1, -0.05) is 17.7 Å². The molecular weight excluding hydrogens is 469 g/mol. The fraction of sp³-hybridized carbons (Fsp3) is 0.238. The summed E-state index contributed by atoms with van der Waals surface area (Å²) in [4.78, 5) is 14.2. The summed E-state index contributed by atoms with van der Waals surface area (Å²) in [6, 6.07) is 7.50. The highest BCUT2D eigenvalue weighted by Crippen LogP contribution is 2.38. The minimum Gasteiger partial charge on any atom is -0.493 e. The van der Waals surface area contributed by atoms with Crippen LogP contribution in [0, 0.1) is 5.82 Å². The summed E-state index contributed by atoms with van der Waals surface area (Å²) in [5.41, 5.74) is 1.37. The van der Waals surface area contributed by atoms with Crippen LogP contribution < -0.4 is 19.7 Å². The minimum atomic E-state index is -3.07. The number of carbonyl (C=O) groups excluding carboxylic acids is 1. The van der Waals surface area contributed by atoms with Gasteiger partial charge >= 0.3 is 12.6 Å². The van der Waals surface area contributed by atoms with Gasteiger partial charge in [0.25, 0.3) is 0 Å². The molecule has 0 amide bonds. The summed E-state index contributed by atoms with van der Waals surface area (Å²) < 4.78 is 53.9. The van der Waals surface area contributed by atoms with Gasteiger partial charge in [0.05, 0.1) is 30.9 Å². The fourth-order valence-corrected chi connectivity index (χ4v) is 3.90. The molecule has 0 spiro atoms. The zero-order chi connectivity index (χ0) is 23.6. The molecule has 0 saturated heterocycles. The molecule has 6 nitrogen and oxygen atoms in total. The number of carbonyl (C=O) groups is 1. The van der Waals surface area contributed by atoms with Crippen molar-refractivity contribution in [2.75, 3.05) is 19.1 Å². The van der Waals surface area contributed by atoms with Crippen molar-refractivity contribution in [3.05, 3.63) is 64.1 Å². The first-order chi connectivity index (χ1) is 15.2. The average Bonchev–Trinajstić information content (AvgIpc) is 2.74. The van der Waals surface area contributed by atoms with Gasteiger partial charge in [-0.25, -0.2) is 9.18 Å². The largest absolute Gasteiger partial charge is 0.493 e. The maximum atomic E-state index is 13.6. The Hall–Kier alpha value is -2.98. The average molecular weight is 487 g/mol. The molecule has 170 valence electrons. The lowest BCUT2D eigenvalue weighted by Gasteiger charge is -2.37. The first-order valence-electron chi connectivity index (χ1n) is 9.15. The van der Waals surface area contributed by atoms with E-state index in [-0.39, 0.29) is 27.2 Å². The van der Waals surface area contributed by atoms with E-state index in [1.807, 2.05) is 0 Å². The van der Waals surface area contributed by atoms with E-state index in [4.69, 9.17) is 33.3 Å². The van der Waals surface area contributed by atoms with Crippen LogP contribution in [0.15, 0.2) is 47.7 Å². The van der Waals surface area contributed by atoms with Gasteiger partial charge in [-0.05, 0) is 55.0 Å². The molecule has 1 aliphatic rings. The Morgan fingerprint density at radius 2 is 1.91 bits per heavy atom. The first-order valence-corrected chi connectivity index (χ1v) is 9.94. The topological polar surface area (TPSA) is 60.0 Å². The monoisotopic (exact) mass is 486 g/mol. The number of hydrogen-bond donors (Lipinski definition) is 1. The van der Waals surface area contributed by atoms with Gasteiger partial charge < -0.3 is 19.5 Å². The Bertz CT molecular complexity index is 1100. The number of esters is 1. The highest BCUT2D eigenvalue weighted by atomic mass is 35.5. The van der Waals surface area contributed by atoms with E-state index in [1.54, 1.807) is 13.0 Å². The molecule has 3 rings (SSSR count). The van der Waals surface area contributed by atoms with Crippen LogP contribution in [0.1, 0.15) is 18.5 Å². The van der Waals surface area contributed by atoms with Crippen molar-refractivity contribution >= 4 is 40.6 Å². The van der Waals surface area contributed by atoms with Gasteiger partial charge in [0.1, 0.15) is 5.82 Å². The Morgan fingerprint density at radius 1 is 1.19 bits per heavy atom. The maximum absolute atomic E-state index is 13.6. The Morgan fingerprint density at radius 3 is 2.50 bits per heavy atom. The number of methoxy groups -OCH3 is 2. The Labute approximate surface area is 192 Å². The van der Waals surface area contributed by atoms with Gasteiger partial charge in [-0.15, -0.1) is 0 Å². The molecule has 2 aromatic carbocycles. The van der Waals surface area contributed by atoms with Crippen LogP contribution in [0.25, 0.3) is 0 Å². The summed E-state index contributed by atoms with van der Waals surface area (Å²) in [5, 5.41) is 3.06. The number of hydrogen-bond acceptors (Lipinski definition) is 5. The lowest BCUT2D eigenvalue weighted by Crippen LogP contribution is -2.48. The molecule has 1 unspecified atom stereocenters. The molecule has 1 aliphatic heterocycles. The van der Waals surface area contributed by atoms with Crippen molar-refractivity contribution in [1.29, 1.82) is 0 Å². The van der Waals surface area contributed by atoms with Crippen LogP contribution in [-0.2, 0) is 9.53 Å². The standard InChI is InChI=1S/C21H18ClF3N2O4S/c1-10-17(19(28)30-3)18(11-4-7-15(29-2)16(8-11)31-20(24)25)26-21(32)27(10)12-5-6-14(23)13(22)9-12/h4-9,18,20H,1-3H3,(H,26,32). The number of benzene rings is 2. The molecule has 0 bridgehead atoms. The molecule has 0 saturated carbocycles. The van der Waals surface area contributed by atoms with Crippen molar-refractivity contribution in [1.82, 2.24) is 5.32 Å². The van der Waals surface area contributed by atoms with E-state index >= 15 is 0 Å². The van der Waals surface area contributed by atoms with E-state index in [0.29, 0.717) is 16.9 Å². The predicted octanol–water partition coefficient (Wildman–Crippen LogP) is 4.97. The third kappa shape index (κ3) is 4.61. The first kappa shape index (κ1) is 23.7. The lowest BCUT2D eigenvalue weighted by molar-refractivity contribution is -0.136. The number of anilines is 1. The van der Waals surface area contributed by atoms with Gasteiger partial charge in [0.2, 0.25) is 0 Å². The normalized spacial score (nSPS) is 16.2. The van der Waals surface area contributed by atoms with Crippen LogP contribution in [0.3, 0.4) is 0 Å². The number of rotatable bonds is 6. The molecule has 0 fully saturated rings. The van der Waals surface area contributed by atoms with Gasteiger partial charge in [-0.2, -0.15) is 8.78 Å². The minimum absolute atomic E-state index is 0.0929. The van der Waals surface area contributed by atoms with Gasteiger partial charge in [0.15, 0.2) is 16.6 Å². The molecule has 2 aromatic rings. The second-order valence-electron chi connectivity index (χ2n) is 6.60. The summed E-state index contributed by atoms with van der Waals surface area (Å²) in [5.74, 6) is -1.39. The predicted molar refractivity (Wildman–Crippen MR) is 117 cm³/mol. The smallest absolute Gasteiger partial charge is 0.387 e. The van der Waals surface area contributed by atoms with E-state index in [1.165, 1.54) is 49.5 Å². The summed E-state index contributed by atoms with van der Waals surface area (Å²) in [6.45, 7) is -1.44. The van der Waals surface area contributed by atoms with E-state index < -0.39 is 24.4 Å². The third-order valence-electron chi connectivity index (χ3n) is 4.79. The second kappa shape index (κ2) is 9.66. The number of alkyl halides is 2. The molecule has 1 atom stereocenters. The number of halogens is 4. The zero-order valence-electron chi connectivity index (χ0n) is 17.1. The molecule has 1 heterocycles. The molecule has 1 N–H and O–H groups in total. The Kier molecular flexibility index (Phi) is 7.15. The number of nitrogens with one attached hydrogen (secondary N) is 1. The van der Waals surface area contributed by atoms with Gasteiger partial charge in [-0.3, -0.25) is 4.90 Å². The van der Waals surface area contributed by atoms with Crippen LogP contribution in [0.4, 0.5) is 18.9 Å². The van der Waals surface area contributed by atoms with Gasteiger partial charge in [0, 0.05) is 11.4 Å². The summed E-state index contributed by atoms with van der Waals surface area (Å²) in [7, 11) is 2.53. The van der Waals surface area contributed by atoms with Crippen molar-refractivity contribution in [3.8, 4) is 11.5 Å². The van der Waals surface area contributed by atoms with Crippen LogP contribution in [0.2, 0.25) is 5.02 Å². The molecule has 11 heteroatoms. The van der Waals surface area contributed by atoms with E-state index in [9.17, 15) is 18.0 Å². The van der Waals surface area contributed by atoms with Crippen LogP contribution in [0.5, 0.6) is 11.5 Å². The Balaban J connectivity index is 2.13. The highest BCUT2D eigenvalue weighted by molar-refractivity contribution is 7.80. The van der Waals surface area contributed by atoms with Crippen molar-refractivity contribution in [3.63, 3.8) is 0 Å². The van der Waals surface area contributed by atoms with Crippen LogP contribution in [-0.4, -0.2) is 31.9 Å². The summed E-state index contributed by atoms with van der Waals surface area (Å²) >= 11 is 11.4. The third-order valence-corrected chi connectivity index (χ3v) is 5.38. The maximum Gasteiger partial charge on any atom is 0.387 e. The number of nitrogens with zero attached hydrogens (tertiary/aromatic N) is 1. The molecule has 32 heavy (non-hydrogen) atoms. The highest BCUT2D eigenvalue weighted by Gasteiger charge is 2.36. The molecule has 0 aliphatic carbocycles. The lowest BCUT2D eigenvalue weighted by atomic mass is 9.94. The van der Waals surface area contributed by atoms with Crippen molar-refractivity contribution in [2.24, 2.45) is 0 Å². The molecule has 0 radical (unpaired) electrons. The second-order valence-corrected chi connectivity index (χ2v) is 7.39. The zero-order valence-corrected chi connectivity index (χ0v) is 18.7. The number of ether oxygens (including phenoxy) is 3. The number of thiocarbonyl (C=S) groups is 1. The van der Waals surface area contributed by atoms with E-state index in [0.717, 1.165) is 0 Å². The number of allylic oxidation sites excluding steroid dienone is 1. The van der Waals surface area contributed by atoms with Crippen LogP contribution >= 0.6 is 23.8 Å². The van der Waals surface area contributed by atoms with Crippen molar-refractivity contribution < 1.29 is 32.2 Å². The SMILES string of the molecule is COC(=O)C1=C(C)N(c2ccc(F)c(Cl)c2)C(=S)NC1c1ccc(OC)c(OC(F)F)c1. The summed E-state index contributed by atoms with van der Waals surface area (Å²) in [6.07, 6.45) is 0. The quantitative estimate of drug-likeness (QED) is 0.457. The fourth-order valence-electron chi connectivity index (χ4n) is 3.36. The van der Waals surface area contributed by atoms with Crippen molar-refractivity contribution in [2.45, 2.75) is 19.6 Å². The molecule has 0 aromatic heterocycles. The molecular formula is C21H18ClF3N2O4S.